The minimum atomic E-state index is -0.248. The molecule has 1 amide bonds. The van der Waals surface area contributed by atoms with E-state index in [0.717, 1.165) is 23.4 Å². The van der Waals surface area contributed by atoms with Crippen LogP contribution < -0.4 is 20.0 Å². The van der Waals surface area contributed by atoms with Gasteiger partial charge in [0.25, 0.3) is 5.91 Å². The Bertz CT molecular complexity index is 966. The maximum Gasteiger partial charge on any atom is 0.271 e. The van der Waals surface area contributed by atoms with E-state index in [9.17, 15) is 4.79 Å². The van der Waals surface area contributed by atoms with Crippen molar-refractivity contribution >= 4 is 23.5 Å². The highest BCUT2D eigenvalue weighted by atomic mass is 16.5. The van der Waals surface area contributed by atoms with Gasteiger partial charge in [0.2, 0.25) is 0 Å². The van der Waals surface area contributed by atoms with Crippen molar-refractivity contribution in [1.82, 2.24) is 5.43 Å². The lowest BCUT2D eigenvalue weighted by atomic mass is 9.80. The first-order valence-electron chi connectivity index (χ1n) is 10.2. The van der Waals surface area contributed by atoms with E-state index in [1.54, 1.807) is 19.4 Å². The van der Waals surface area contributed by atoms with Crippen molar-refractivity contribution in [2.24, 2.45) is 5.10 Å². The number of rotatable bonds is 5. The minimum absolute atomic E-state index is 0.0854. The van der Waals surface area contributed by atoms with Crippen LogP contribution in [0, 0.1) is 0 Å². The summed E-state index contributed by atoms with van der Waals surface area (Å²) in [4.78, 5) is 16.7. The number of ether oxygens (including phenoxy) is 1. The lowest BCUT2D eigenvalue weighted by molar-refractivity contribution is 0.0955. The highest BCUT2D eigenvalue weighted by Crippen LogP contribution is 2.44. The van der Waals surface area contributed by atoms with Gasteiger partial charge in [0.15, 0.2) is 0 Å². The predicted molar refractivity (Wildman–Crippen MR) is 124 cm³/mol. The zero-order valence-corrected chi connectivity index (χ0v) is 19.0. The Labute approximate surface area is 179 Å². The first kappa shape index (κ1) is 21.7. The van der Waals surface area contributed by atoms with Crippen molar-refractivity contribution in [3.05, 3.63) is 53.1 Å². The summed E-state index contributed by atoms with van der Waals surface area (Å²) in [6.07, 6.45) is 2.72. The number of hydrogen-bond acceptors (Lipinski definition) is 5. The third-order valence-corrected chi connectivity index (χ3v) is 5.98. The lowest BCUT2D eigenvalue weighted by Crippen LogP contribution is -2.45. The molecule has 6 heteroatoms. The van der Waals surface area contributed by atoms with Gasteiger partial charge in [-0.2, -0.15) is 5.10 Å². The standard InChI is InChI=1S/C24H32N4O2/c1-16-14-24(2,3)28(6)21-13-22(30-7)18(12-20(16)21)15-25-26-23(29)17-9-8-10-19(11-17)27(4)5/h8-13,15-16H,14H2,1-7H3,(H,26,29)/b25-15-. The molecular formula is C24H32N4O2. The van der Waals surface area contributed by atoms with Gasteiger partial charge in [-0.05, 0) is 56.0 Å². The molecule has 3 rings (SSSR count). The molecule has 0 saturated carbocycles. The molecule has 1 unspecified atom stereocenters. The molecule has 1 aliphatic heterocycles. The average Bonchev–Trinajstić information content (AvgIpc) is 2.71. The van der Waals surface area contributed by atoms with E-state index >= 15 is 0 Å². The van der Waals surface area contributed by atoms with E-state index in [1.165, 1.54) is 11.3 Å². The smallest absolute Gasteiger partial charge is 0.271 e. The van der Waals surface area contributed by atoms with E-state index in [-0.39, 0.29) is 11.4 Å². The first-order chi connectivity index (χ1) is 14.1. The molecular weight excluding hydrogens is 376 g/mol. The van der Waals surface area contributed by atoms with Gasteiger partial charge in [0.05, 0.1) is 13.3 Å². The van der Waals surface area contributed by atoms with Crippen molar-refractivity contribution in [2.75, 3.05) is 38.1 Å². The maximum absolute atomic E-state index is 12.5. The van der Waals surface area contributed by atoms with Crippen LogP contribution in [0.1, 0.15) is 54.6 Å². The van der Waals surface area contributed by atoms with Crippen molar-refractivity contribution in [3.63, 3.8) is 0 Å². The Morgan fingerprint density at radius 2 is 2.03 bits per heavy atom. The van der Waals surface area contributed by atoms with Crippen LogP contribution in [0.3, 0.4) is 0 Å². The predicted octanol–water partition coefficient (Wildman–Crippen LogP) is 4.25. The van der Waals surface area contributed by atoms with Gasteiger partial charge in [-0.1, -0.05) is 13.0 Å². The van der Waals surface area contributed by atoms with Gasteiger partial charge in [0, 0.05) is 55.2 Å². The SMILES string of the molecule is COc1cc2c(cc1/C=N\NC(=O)c1cccc(N(C)C)c1)C(C)CC(C)(C)N2C. The number of carbonyl (C=O) groups is 1. The van der Waals surface area contributed by atoms with Crippen LogP contribution in [0.15, 0.2) is 41.5 Å². The van der Waals surface area contributed by atoms with Crippen LogP contribution in [0.5, 0.6) is 5.75 Å². The van der Waals surface area contributed by atoms with E-state index in [1.807, 2.05) is 37.2 Å². The molecule has 0 aliphatic carbocycles. The van der Waals surface area contributed by atoms with E-state index in [4.69, 9.17) is 4.74 Å². The van der Waals surface area contributed by atoms with Gasteiger partial charge in [-0.3, -0.25) is 4.79 Å². The van der Waals surface area contributed by atoms with Crippen molar-refractivity contribution in [1.29, 1.82) is 0 Å². The molecule has 0 bridgehead atoms. The number of hydrogen-bond donors (Lipinski definition) is 1. The molecule has 160 valence electrons. The topological polar surface area (TPSA) is 57.2 Å². The zero-order valence-electron chi connectivity index (χ0n) is 19.0. The van der Waals surface area contributed by atoms with E-state index in [2.05, 4.69) is 55.4 Å². The maximum atomic E-state index is 12.5. The molecule has 0 saturated heterocycles. The number of nitrogens with zero attached hydrogens (tertiary/aromatic N) is 3. The zero-order chi connectivity index (χ0) is 22.1. The van der Waals surface area contributed by atoms with Gasteiger partial charge in [-0.25, -0.2) is 5.43 Å². The molecule has 0 fully saturated rings. The largest absolute Gasteiger partial charge is 0.496 e. The number of benzene rings is 2. The van der Waals surface area contributed by atoms with Gasteiger partial charge in [0.1, 0.15) is 5.75 Å². The third kappa shape index (κ3) is 4.27. The van der Waals surface area contributed by atoms with E-state index < -0.39 is 0 Å². The number of methoxy groups -OCH3 is 1. The van der Waals surface area contributed by atoms with Crippen molar-refractivity contribution in [3.8, 4) is 5.75 Å². The summed E-state index contributed by atoms with van der Waals surface area (Å²) in [6.45, 7) is 6.77. The summed E-state index contributed by atoms with van der Waals surface area (Å²) >= 11 is 0. The Balaban J connectivity index is 1.83. The summed E-state index contributed by atoms with van der Waals surface area (Å²) in [7, 11) is 7.66. The monoisotopic (exact) mass is 408 g/mol. The summed E-state index contributed by atoms with van der Waals surface area (Å²) in [5, 5.41) is 4.19. The number of nitrogens with one attached hydrogen (secondary N) is 1. The number of amides is 1. The average molecular weight is 409 g/mol. The Morgan fingerprint density at radius 1 is 1.30 bits per heavy atom. The van der Waals surface area contributed by atoms with Crippen LogP contribution in [-0.4, -0.2) is 45.9 Å². The lowest BCUT2D eigenvalue weighted by Gasteiger charge is -2.45. The first-order valence-corrected chi connectivity index (χ1v) is 10.2. The summed E-state index contributed by atoms with van der Waals surface area (Å²) < 4.78 is 5.61. The fourth-order valence-electron chi connectivity index (χ4n) is 4.04. The Kier molecular flexibility index (Phi) is 6.06. The molecule has 1 atom stereocenters. The fourth-order valence-corrected chi connectivity index (χ4v) is 4.04. The van der Waals surface area contributed by atoms with Crippen LogP contribution in [0.2, 0.25) is 0 Å². The summed E-state index contributed by atoms with van der Waals surface area (Å²) in [5.41, 5.74) is 7.53. The molecule has 30 heavy (non-hydrogen) atoms. The summed E-state index contributed by atoms with van der Waals surface area (Å²) in [6, 6.07) is 11.6. The molecule has 1 heterocycles. The molecule has 6 nitrogen and oxygen atoms in total. The van der Waals surface area contributed by atoms with Gasteiger partial charge >= 0.3 is 0 Å². The number of carbonyl (C=O) groups excluding carboxylic acids is 1. The van der Waals surface area contributed by atoms with Crippen molar-refractivity contribution < 1.29 is 9.53 Å². The number of hydrazone groups is 1. The Hall–Kier alpha value is -3.02. The number of fused-ring (bicyclic) bond motifs is 1. The highest BCUT2D eigenvalue weighted by Gasteiger charge is 2.34. The van der Waals surface area contributed by atoms with Gasteiger partial charge < -0.3 is 14.5 Å². The Morgan fingerprint density at radius 3 is 2.70 bits per heavy atom. The molecule has 0 radical (unpaired) electrons. The molecule has 2 aromatic rings. The molecule has 0 spiro atoms. The number of anilines is 2. The van der Waals surface area contributed by atoms with Crippen LogP contribution >= 0.6 is 0 Å². The fraction of sp³-hybridized carbons (Fsp3) is 0.417. The molecule has 1 N–H and O–H groups in total. The molecule has 1 aliphatic rings. The van der Waals surface area contributed by atoms with Crippen molar-refractivity contribution in [2.45, 2.75) is 38.6 Å². The van der Waals surface area contributed by atoms with Gasteiger partial charge in [-0.15, -0.1) is 0 Å². The molecule has 2 aromatic carbocycles. The second-order valence-corrected chi connectivity index (χ2v) is 8.77. The van der Waals surface area contributed by atoms with E-state index in [0.29, 0.717) is 11.5 Å². The van der Waals surface area contributed by atoms with Crippen LogP contribution in [0.4, 0.5) is 11.4 Å². The quantitative estimate of drug-likeness (QED) is 0.594. The van der Waals surface area contributed by atoms with Crippen LogP contribution in [-0.2, 0) is 0 Å². The highest BCUT2D eigenvalue weighted by molar-refractivity contribution is 5.96. The second-order valence-electron chi connectivity index (χ2n) is 8.77. The summed E-state index contributed by atoms with van der Waals surface area (Å²) in [5.74, 6) is 0.910. The third-order valence-electron chi connectivity index (χ3n) is 5.98. The normalized spacial score (nSPS) is 17.6. The molecule has 0 aromatic heterocycles. The second kappa shape index (κ2) is 8.38. The minimum Gasteiger partial charge on any atom is -0.496 e. The van der Waals surface area contributed by atoms with Crippen LogP contribution in [0.25, 0.3) is 0 Å².